The predicted molar refractivity (Wildman–Crippen MR) is 74.9 cm³/mol. The highest BCUT2D eigenvalue weighted by Crippen LogP contribution is 2.24. The van der Waals surface area contributed by atoms with Crippen LogP contribution >= 0.6 is 0 Å². The molecule has 6 nitrogen and oxygen atoms in total. The van der Waals surface area contributed by atoms with Crippen molar-refractivity contribution in [3.8, 4) is 0 Å². The molecule has 0 aromatic carbocycles. The Morgan fingerprint density at radius 1 is 1.40 bits per heavy atom. The highest BCUT2D eigenvalue weighted by atomic mass is 16.2. The molecule has 6 heteroatoms. The molecule has 0 saturated heterocycles. The molecule has 2 N–H and O–H groups in total. The van der Waals surface area contributed by atoms with Gasteiger partial charge >= 0.3 is 6.03 Å². The van der Waals surface area contributed by atoms with Crippen LogP contribution in [0, 0.1) is 5.92 Å². The van der Waals surface area contributed by atoms with Crippen molar-refractivity contribution in [1.82, 2.24) is 14.7 Å². The van der Waals surface area contributed by atoms with Crippen LogP contribution in [-0.2, 0) is 0 Å². The maximum Gasteiger partial charge on any atom is 0.321 e. The average molecular weight is 272 g/mol. The van der Waals surface area contributed by atoms with Crippen LogP contribution in [0.2, 0.25) is 0 Å². The maximum absolute atomic E-state index is 12.7. The van der Waals surface area contributed by atoms with Crippen LogP contribution in [0.3, 0.4) is 0 Å². The summed E-state index contributed by atoms with van der Waals surface area (Å²) in [6, 6.07) is 4.57. The van der Waals surface area contributed by atoms with Gasteiger partial charge in [0.05, 0.1) is 6.04 Å². The summed E-state index contributed by atoms with van der Waals surface area (Å²) in [4.78, 5) is 28.9. The Bertz CT molecular complexity index is 692. The Kier molecular flexibility index (Phi) is 2.93. The molecule has 2 amide bonds. The molecule has 1 aliphatic rings. The molecule has 2 aromatic heterocycles. The summed E-state index contributed by atoms with van der Waals surface area (Å²) < 4.78 is 1.72. The van der Waals surface area contributed by atoms with Crippen molar-refractivity contribution in [3.05, 3.63) is 30.1 Å². The molecule has 3 rings (SSSR count). The van der Waals surface area contributed by atoms with Crippen molar-refractivity contribution in [3.63, 3.8) is 0 Å². The molecule has 0 fully saturated rings. The smallest absolute Gasteiger partial charge is 0.321 e. The van der Waals surface area contributed by atoms with Crippen LogP contribution in [0.25, 0.3) is 5.65 Å². The second-order valence-corrected chi connectivity index (χ2v) is 5.06. The highest BCUT2D eigenvalue weighted by Gasteiger charge is 2.34. The third-order valence-corrected chi connectivity index (χ3v) is 3.78. The minimum absolute atomic E-state index is 0.0634. The standard InChI is InChI=1S/C14H16N4O2/c1-3-8(2)10-12(19)11-13(17-14(20)16-10)15-9-6-4-5-7-18(9)11/h4-8,10H,3H2,1-2H3,(H2,16,17,20)/t8-,10+/m1/s1. The highest BCUT2D eigenvalue weighted by molar-refractivity contribution is 6.10. The van der Waals surface area contributed by atoms with Crippen molar-refractivity contribution in [2.24, 2.45) is 5.92 Å². The number of Topliss-reactive ketones (excluding diaryl/α,β-unsaturated/α-hetero) is 1. The molecule has 0 spiro atoms. The summed E-state index contributed by atoms with van der Waals surface area (Å²) in [6.07, 6.45) is 2.59. The number of hydrogen-bond acceptors (Lipinski definition) is 3. The molecule has 0 saturated carbocycles. The lowest BCUT2D eigenvalue weighted by molar-refractivity contribution is 0.0913. The van der Waals surface area contributed by atoms with Crippen LogP contribution < -0.4 is 10.6 Å². The summed E-state index contributed by atoms with van der Waals surface area (Å²) in [5.74, 6) is 0.282. The lowest BCUT2D eigenvalue weighted by Crippen LogP contribution is -2.44. The molecule has 0 bridgehead atoms. The van der Waals surface area contributed by atoms with Crippen molar-refractivity contribution >= 4 is 23.3 Å². The molecule has 2 aromatic rings. The van der Waals surface area contributed by atoms with Gasteiger partial charge < -0.3 is 5.32 Å². The van der Waals surface area contributed by atoms with E-state index in [4.69, 9.17) is 0 Å². The number of urea groups is 1. The number of nitrogens with zero attached hydrogens (tertiary/aromatic N) is 2. The number of imidazole rings is 1. The van der Waals surface area contributed by atoms with E-state index in [9.17, 15) is 9.59 Å². The molecule has 2 atom stereocenters. The van der Waals surface area contributed by atoms with Crippen molar-refractivity contribution in [2.75, 3.05) is 5.32 Å². The van der Waals surface area contributed by atoms with Crippen LogP contribution in [-0.4, -0.2) is 27.2 Å². The van der Waals surface area contributed by atoms with Crippen LogP contribution in [0.5, 0.6) is 0 Å². The zero-order valence-corrected chi connectivity index (χ0v) is 11.4. The van der Waals surface area contributed by atoms with Crippen LogP contribution in [0.1, 0.15) is 30.8 Å². The van der Waals surface area contributed by atoms with Gasteiger partial charge in [-0.2, -0.15) is 0 Å². The van der Waals surface area contributed by atoms with Gasteiger partial charge in [0.25, 0.3) is 0 Å². The summed E-state index contributed by atoms with van der Waals surface area (Å²) in [5.41, 5.74) is 1.08. The van der Waals surface area contributed by atoms with Crippen molar-refractivity contribution in [2.45, 2.75) is 26.3 Å². The second-order valence-electron chi connectivity index (χ2n) is 5.06. The van der Waals surface area contributed by atoms with Gasteiger partial charge in [-0.05, 0) is 18.1 Å². The summed E-state index contributed by atoms with van der Waals surface area (Å²) in [7, 11) is 0. The Labute approximate surface area is 116 Å². The molecule has 3 heterocycles. The number of rotatable bonds is 2. The zero-order chi connectivity index (χ0) is 14.3. The number of hydrogen-bond donors (Lipinski definition) is 2. The first-order valence-corrected chi connectivity index (χ1v) is 6.70. The lowest BCUT2D eigenvalue weighted by Gasteiger charge is -2.20. The van der Waals surface area contributed by atoms with E-state index in [0.717, 1.165) is 6.42 Å². The van der Waals surface area contributed by atoms with Gasteiger partial charge in [-0.3, -0.25) is 14.5 Å². The normalized spacial score (nSPS) is 20.0. The SMILES string of the molecule is CC[C@@H](C)[C@@H]1NC(=O)Nc2nc3ccccn3c2C1=O. The number of fused-ring (bicyclic) bond motifs is 3. The van der Waals surface area contributed by atoms with Crippen molar-refractivity contribution in [1.29, 1.82) is 0 Å². The van der Waals surface area contributed by atoms with Gasteiger partial charge in [-0.25, -0.2) is 9.78 Å². The van der Waals surface area contributed by atoms with Crippen molar-refractivity contribution < 1.29 is 9.59 Å². The number of ketones is 1. The van der Waals surface area contributed by atoms with Gasteiger partial charge in [0.1, 0.15) is 11.3 Å². The van der Waals surface area contributed by atoms with Gasteiger partial charge in [-0.1, -0.05) is 26.3 Å². The molecule has 0 radical (unpaired) electrons. The fraction of sp³-hybridized carbons (Fsp3) is 0.357. The predicted octanol–water partition coefficient (Wildman–Crippen LogP) is 2.07. The van der Waals surface area contributed by atoms with Crippen LogP contribution in [0.15, 0.2) is 24.4 Å². The summed E-state index contributed by atoms with van der Waals surface area (Å²) in [5, 5.41) is 5.37. The van der Waals surface area contributed by atoms with E-state index < -0.39 is 6.04 Å². The number of carbonyl (C=O) groups excluding carboxylic acids is 2. The van der Waals surface area contributed by atoms with Gasteiger partial charge in [0, 0.05) is 6.20 Å². The minimum Gasteiger partial charge on any atom is -0.327 e. The monoisotopic (exact) mass is 272 g/mol. The molecular weight excluding hydrogens is 256 g/mol. The molecular formula is C14H16N4O2. The number of pyridine rings is 1. The first-order chi connectivity index (χ1) is 9.61. The zero-order valence-electron chi connectivity index (χ0n) is 11.4. The van der Waals surface area contributed by atoms with E-state index in [1.165, 1.54) is 0 Å². The maximum atomic E-state index is 12.7. The third-order valence-electron chi connectivity index (χ3n) is 3.78. The Hall–Kier alpha value is -2.37. The summed E-state index contributed by atoms with van der Waals surface area (Å²) in [6.45, 7) is 3.95. The summed E-state index contributed by atoms with van der Waals surface area (Å²) >= 11 is 0. The fourth-order valence-corrected chi connectivity index (χ4v) is 2.45. The molecule has 104 valence electrons. The van der Waals surface area contributed by atoms with Crippen LogP contribution in [0.4, 0.5) is 10.6 Å². The first kappa shape index (κ1) is 12.7. The van der Waals surface area contributed by atoms with E-state index in [0.29, 0.717) is 17.2 Å². The molecule has 0 aliphatic carbocycles. The number of carbonyl (C=O) groups is 2. The quantitative estimate of drug-likeness (QED) is 0.878. The van der Waals surface area contributed by atoms with Gasteiger partial charge in [0.2, 0.25) is 5.78 Å². The fourth-order valence-electron chi connectivity index (χ4n) is 2.45. The van der Waals surface area contributed by atoms with Gasteiger partial charge in [0.15, 0.2) is 5.82 Å². The Balaban J connectivity index is 2.18. The average Bonchev–Trinajstić information content (AvgIpc) is 2.75. The number of nitrogens with one attached hydrogen (secondary N) is 2. The molecule has 20 heavy (non-hydrogen) atoms. The number of amides is 2. The van der Waals surface area contributed by atoms with E-state index in [2.05, 4.69) is 15.6 Å². The van der Waals surface area contributed by atoms with E-state index in [-0.39, 0.29) is 17.7 Å². The third kappa shape index (κ3) is 1.84. The minimum atomic E-state index is -0.527. The second kappa shape index (κ2) is 4.63. The number of anilines is 1. The van der Waals surface area contributed by atoms with Gasteiger partial charge in [-0.15, -0.1) is 0 Å². The topological polar surface area (TPSA) is 75.5 Å². The molecule has 1 aliphatic heterocycles. The Morgan fingerprint density at radius 2 is 2.20 bits per heavy atom. The molecule has 0 unspecified atom stereocenters. The largest absolute Gasteiger partial charge is 0.327 e. The lowest BCUT2D eigenvalue weighted by atomic mass is 9.94. The first-order valence-electron chi connectivity index (χ1n) is 6.70. The van der Waals surface area contributed by atoms with E-state index >= 15 is 0 Å². The Morgan fingerprint density at radius 3 is 2.95 bits per heavy atom. The number of aromatic nitrogens is 2. The van der Waals surface area contributed by atoms with E-state index in [1.807, 2.05) is 26.0 Å². The van der Waals surface area contributed by atoms with E-state index in [1.54, 1.807) is 16.7 Å².